The number of esters is 2. The number of phenols is 1. The Bertz CT molecular complexity index is 1820. The van der Waals surface area contributed by atoms with E-state index >= 15 is 0 Å². The van der Waals surface area contributed by atoms with Crippen molar-refractivity contribution >= 4 is 23.8 Å². The van der Waals surface area contributed by atoms with Crippen LogP contribution in [-0.2, 0) is 47.6 Å². The number of carbonyl (C=O) groups is 4. The Kier molecular flexibility index (Phi) is 9.14. The Hall–Kier alpha value is -4.94. The van der Waals surface area contributed by atoms with Crippen LogP contribution in [0.1, 0.15) is 42.1 Å². The van der Waals surface area contributed by atoms with E-state index in [1.165, 1.54) is 14.2 Å². The molecule has 5 heterocycles. The van der Waals surface area contributed by atoms with E-state index in [9.17, 15) is 29.4 Å². The number of hydrogen-bond donors (Lipinski definition) is 2. The van der Waals surface area contributed by atoms with Crippen LogP contribution >= 0.6 is 0 Å². The lowest BCUT2D eigenvalue weighted by molar-refractivity contribution is -0.365. The summed E-state index contributed by atoms with van der Waals surface area (Å²) < 4.78 is 58.4. The lowest BCUT2D eigenvalue weighted by Crippen LogP contribution is -2.64. The van der Waals surface area contributed by atoms with E-state index in [1.807, 2.05) is 0 Å². The number of phenolic OH excluding ortho intramolecular Hbond substituents is 1. The van der Waals surface area contributed by atoms with Gasteiger partial charge in [0.1, 0.15) is 18.3 Å². The number of hydrogen-bond acceptors (Lipinski definition) is 16. The molecule has 6 unspecified atom stereocenters. The standard InChI is InChI=1S/C36H37NO16/c1-15-46-13-24-33(50-15)31(42)34(52-27(40)6-7-37-25(38)4-5-26(37)39)36(51-24)53-32-18-11-21-20(48-14-49-21)10-17(18)28(29-19(32)12-47-35(29)43)16-8-22(44-2)30(41)23(9-16)45-3/h4-5,8-11,15,19,24,28-29,31-34,36,41-42H,6-7,12-14H2,1-3H3/t15?,19-,24?,28+,29-,31?,32+,33?,34?,36?/m0/s1. The molecule has 2 N–H and O–H groups in total. The predicted octanol–water partition coefficient (Wildman–Crippen LogP) is 1.20. The van der Waals surface area contributed by atoms with Gasteiger partial charge in [-0.2, -0.15) is 0 Å². The Labute approximate surface area is 302 Å². The van der Waals surface area contributed by atoms with Crippen LogP contribution in [0.3, 0.4) is 0 Å². The van der Waals surface area contributed by atoms with E-state index in [0.717, 1.165) is 17.1 Å². The number of cyclic esters (lactones) is 1. The molecule has 0 aromatic heterocycles. The van der Waals surface area contributed by atoms with E-state index in [-0.39, 0.29) is 50.2 Å². The molecule has 282 valence electrons. The molecule has 17 heteroatoms. The van der Waals surface area contributed by atoms with Crippen molar-refractivity contribution in [1.82, 2.24) is 4.90 Å². The minimum absolute atomic E-state index is 0.0354. The molecular formula is C36H37NO16. The van der Waals surface area contributed by atoms with Crippen molar-refractivity contribution in [3.05, 3.63) is 53.1 Å². The van der Waals surface area contributed by atoms with Gasteiger partial charge in [-0.25, -0.2) is 0 Å². The number of nitrogens with zero attached hydrogens (tertiary/aromatic N) is 1. The van der Waals surface area contributed by atoms with Crippen LogP contribution < -0.4 is 18.9 Å². The van der Waals surface area contributed by atoms with Crippen molar-refractivity contribution < 1.29 is 76.8 Å². The second-order valence-electron chi connectivity index (χ2n) is 13.4. The quantitative estimate of drug-likeness (QED) is 0.274. The van der Waals surface area contributed by atoms with Gasteiger partial charge in [-0.3, -0.25) is 24.1 Å². The molecule has 53 heavy (non-hydrogen) atoms. The number of fused-ring (bicyclic) bond motifs is 4. The summed E-state index contributed by atoms with van der Waals surface area (Å²) in [7, 11) is 2.81. The first-order chi connectivity index (χ1) is 25.6. The lowest BCUT2D eigenvalue weighted by atomic mass is 9.66. The molecule has 2 amide bonds. The number of rotatable bonds is 9. The third-order valence-electron chi connectivity index (χ3n) is 10.4. The van der Waals surface area contributed by atoms with E-state index < -0.39 is 84.6 Å². The normalized spacial score (nSPS) is 32.5. The average Bonchev–Trinajstić information content (AvgIpc) is 3.86. The van der Waals surface area contributed by atoms with Gasteiger partial charge in [-0.1, -0.05) is 0 Å². The van der Waals surface area contributed by atoms with Crippen molar-refractivity contribution in [2.75, 3.05) is 40.8 Å². The van der Waals surface area contributed by atoms with E-state index in [0.29, 0.717) is 28.2 Å². The number of aliphatic hydroxyl groups excluding tert-OH is 1. The van der Waals surface area contributed by atoms with Gasteiger partial charge < -0.3 is 57.6 Å². The highest BCUT2D eigenvalue weighted by atomic mass is 16.8. The molecule has 3 saturated heterocycles. The van der Waals surface area contributed by atoms with Crippen molar-refractivity contribution in [2.45, 2.75) is 62.4 Å². The first-order valence-electron chi connectivity index (χ1n) is 17.1. The maximum atomic E-state index is 13.7. The molecular weight excluding hydrogens is 702 g/mol. The highest BCUT2D eigenvalue weighted by molar-refractivity contribution is 6.13. The molecule has 17 nitrogen and oxygen atoms in total. The molecule has 0 bridgehead atoms. The zero-order valence-corrected chi connectivity index (χ0v) is 28.8. The van der Waals surface area contributed by atoms with Crippen molar-refractivity contribution in [1.29, 1.82) is 0 Å². The second-order valence-corrected chi connectivity index (χ2v) is 13.4. The van der Waals surface area contributed by atoms with E-state index in [2.05, 4.69) is 0 Å². The third kappa shape index (κ3) is 6.11. The first-order valence-corrected chi connectivity index (χ1v) is 17.1. The molecule has 8 rings (SSSR count). The number of methoxy groups -OCH3 is 2. The van der Waals surface area contributed by atoms with Gasteiger partial charge >= 0.3 is 11.9 Å². The zero-order chi connectivity index (χ0) is 37.1. The number of benzene rings is 2. The number of aromatic hydroxyl groups is 1. The van der Waals surface area contributed by atoms with Crippen LogP contribution in [0.4, 0.5) is 0 Å². The van der Waals surface area contributed by atoms with Crippen molar-refractivity contribution in [2.24, 2.45) is 11.8 Å². The molecule has 0 saturated carbocycles. The fourth-order valence-electron chi connectivity index (χ4n) is 7.91. The minimum atomic E-state index is -1.45. The summed E-state index contributed by atoms with van der Waals surface area (Å²) in [4.78, 5) is 52.0. The zero-order valence-electron chi connectivity index (χ0n) is 28.8. The number of amides is 2. The van der Waals surface area contributed by atoms with Gasteiger partial charge in [-0.05, 0) is 47.9 Å². The van der Waals surface area contributed by atoms with Crippen molar-refractivity contribution in [3.63, 3.8) is 0 Å². The van der Waals surface area contributed by atoms with Gasteiger partial charge in [-0.15, -0.1) is 0 Å². The predicted molar refractivity (Wildman–Crippen MR) is 173 cm³/mol. The second kappa shape index (κ2) is 13.8. The van der Waals surface area contributed by atoms with Gasteiger partial charge in [0.25, 0.3) is 11.8 Å². The Morgan fingerprint density at radius 3 is 2.28 bits per heavy atom. The molecule has 0 spiro atoms. The average molecular weight is 740 g/mol. The summed E-state index contributed by atoms with van der Waals surface area (Å²) >= 11 is 0. The maximum absolute atomic E-state index is 13.7. The molecule has 5 aliphatic heterocycles. The highest BCUT2D eigenvalue weighted by Gasteiger charge is 2.57. The Balaban J connectivity index is 1.16. The van der Waals surface area contributed by atoms with Gasteiger partial charge in [0.15, 0.2) is 41.7 Å². The Morgan fingerprint density at radius 1 is 0.925 bits per heavy atom. The van der Waals surface area contributed by atoms with E-state index in [1.54, 1.807) is 31.2 Å². The summed E-state index contributed by atoms with van der Waals surface area (Å²) in [5.74, 6) is -3.66. The maximum Gasteiger partial charge on any atom is 0.310 e. The monoisotopic (exact) mass is 739 g/mol. The van der Waals surface area contributed by atoms with Crippen LogP contribution in [-0.4, -0.2) is 117 Å². The fraction of sp³-hybridized carbons (Fsp3) is 0.500. The summed E-state index contributed by atoms with van der Waals surface area (Å²) in [5, 5.41) is 22.3. The number of imide groups is 1. The molecule has 2 aromatic carbocycles. The smallest absolute Gasteiger partial charge is 0.310 e. The van der Waals surface area contributed by atoms with Crippen LogP contribution in [0.15, 0.2) is 36.4 Å². The number of ether oxygens (including phenoxy) is 10. The minimum Gasteiger partial charge on any atom is -0.502 e. The number of carbonyl (C=O) groups excluding carboxylic acids is 4. The molecule has 1 aliphatic carbocycles. The lowest BCUT2D eigenvalue weighted by Gasteiger charge is -2.48. The molecule has 10 atom stereocenters. The highest BCUT2D eigenvalue weighted by Crippen LogP contribution is 2.57. The summed E-state index contributed by atoms with van der Waals surface area (Å²) in [6.45, 7) is 1.36. The topological polar surface area (TPSA) is 204 Å². The van der Waals surface area contributed by atoms with Gasteiger partial charge in [0.2, 0.25) is 12.5 Å². The summed E-state index contributed by atoms with van der Waals surface area (Å²) in [6.07, 6.45) is -5.88. The van der Waals surface area contributed by atoms with E-state index in [4.69, 9.17) is 47.4 Å². The van der Waals surface area contributed by atoms with Crippen molar-refractivity contribution in [3.8, 4) is 28.7 Å². The van der Waals surface area contributed by atoms with Crippen LogP contribution in [0.2, 0.25) is 0 Å². The fourth-order valence-corrected chi connectivity index (χ4v) is 7.91. The largest absolute Gasteiger partial charge is 0.502 e. The van der Waals surface area contributed by atoms with Crippen LogP contribution in [0, 0.1) is 11.8 Å². The first kappa shape index (κ1) is 35.1. The van der Waals surface area contributed by atoms with Crippen LogP contribution in [0.5, 0.6) is 28.7 Å². The molecule has 0 radical (unpaired) electrons. The Morgan fingerprint density at radius 2 is 1.60 bits per heavy atom. The summed E-state index contributed by atoms with van der Waals surface area (Å²) in [6, 6.07) is 6.76. The van der Waals surface area contributed by atoms with Crippen LogP contribution in [0.25, 0.3) is 0 Å². The third-order valence-corrected chi connectivity index (χ3v) is 10.4. The number of aliphatic hydroxyl groups is 1. The molecule has 3 fully saturated rings. The molecule has 2 aromatic rings. The van der Waals surface area contributed by atoms with Gasteiger partial charge in [0, 0.05) is 30.5 Å². The molecule has 6 aliphatic rings. The SMILES string of the molecule is COc1cc([C@@H]2c3cc4c(cc3[C@@H](OC3OC5COC(C)OC5C(O)C3OC(=O)CCN3C(=O)C=CC3=O)[C@H]3COC(=O)[C@H]23)OCO4)cc(OC)c1O. The van der Waals surface area contributed by atoms with Gasteiger partial charge in [0.05, 0.1) is 45.9 Å². The summed E-state index contributed by atoms with van der Waals surface area (Å²) in [5.41, 5.74) is 1.78.